The molecule has 2 amide bonds. The number of fused-ring (bicyclic) bond motifs is 1. The fourth-order valence-electron chi connectivity index (χ4n) is 3.14. The van der Waals surface area contributed by atoms with Crippen molar-refractivity contribution in [3.8, 4) is 5.75 Å². The zero-order chi connectivity index (χ0) is 18.8. The molecule has 7 heteroatoms. The maximum Gasteiger partial charge on any atom is 0.247 e. The molecule has 1 aliphatic rings. The molecule has 0 aliphatic carbocycles. The van der Waals surface area contributed by atoms with Crippen LogP contribution in [0.2, 0.25) is 0 Å². The zero-order valence-corrected chi connectivity index (χ0v) is 15.7. The van der Waals surface area contributed by atoms with Gasteiger partial charge in [0.25, 0.3) is 0 Å². The number of carbonyl (C=O) groups is 2. The average Bonchev–Trinajstić information content (AvgIpc) is 3.20. The third-order valence-corrected chi connectivity index (χ3v) is 5.56. The first-order chi connectivity index (χ1) is 13.2. The number of para-hydroxylation sites is 2. The minimum atomic E-state index is -0.401. The van der Waals surface area contributed by atoms with Crippen molar-refractivity contribution in [2.45, 2.75) is 24.3 Å². The Labute approximate surface area is 160 Å². The molecule has 6 nitrogen and oxygen atoms in total. The van der Waals surface area contributed by atoms with Crippen molar-refractivity contribution in [2.24, 2.45) is 0 Å². The van der Waals surface area contributed by atoms with E-state index in [0.29, 0.717) is 23.8 Å². The Morgan fingerprint density at radius 1 is 1.22 bits per heavy atom. The van der Waals surface area contributed by atoms with Gasteiger partial charge in [-0.25, -0.2) is 9.88 Å². The highest BCUT2D eigenvalue weighted by molar-refractivity contribution is 7.99. The molecule has 2 aromatic carbocycles. The monoisotopic (exact) mass is 381 g/mol. The standard InChI is InChI=1S/C20H19N3O3S/c1-2-26-14-7-5-6-13(10-14)23-19(24)11-17(20(23)25)27-12-18-21-15-8-3-4-9-16(15)22-18/h3-10,17H,2,11-12H2,1H3,(H,21,22). The Morgan fingerprint density at radius 2 is 2.07 bits per heavy atom. The number of rotatable bonds is 6. The predicted molar refractivity (Wildman–Crippen MR) is 106 cm³/mol. The van der Waals surface area contributed by atoms with Crippen molar-refractivity contribution in [1.29, 1.82) is 0 Å². The van der Waals surface area contributed by atoms with Crippen molar-refractivity contribution in [2.75, 3.05) is 11.5 Å². The van der Waals surface area contributed by atoms with Crippen LogP contribution >= 0.6 is 11.8 Å². The molecular formula is C20H19N3O3S. The maximum atomic E-state index is 12.8. The van der Waals surface area contributed by atoms with Crippen LogP contribution in [0.15, 0.2) is 48.5 Å². The lowest BCUT2D eigenvalue weighted by atomic mass is 10.3. The molecule has 27 heavy (non-hydrogen) atoms. The summed E-state index contributed by atoms with van der Waals surface area (Å²) < 4.78 is 5.47. The van der Waals surface area contributed by atoms with E-state index in [0.717, 1.165) is 16.9 Å². The second-order valence-corrected chi connectivity index (χ2v) is 7.39. The first-order valence-corrected chi connectivity index (χ1v) is 9.85. The van der Waals surface area contributed by atoms with Gasteiger partial charge < -0.3 is 9.72 Å². The topological polar surface area (TPSA) is 75.3 Å². The number of thioether (sulfide) groups is 1. The van der Waals surface area contributed by atoms with Crippen molar-refractivity contribution >= 4 is 40.3 Å². The second kappa shape index (κ2) is 7.44. The van der Waals surface area contributed by atoms with Crippen LogP contribution in [0.1, 0.15) is 19.2 Å². The van der Waals surface area contributed by atoms with Crippen molar-refractivity contribution in [1.82, 2.24) is 9.97 Å². The molecule has 1 saturated heterocycles. The summed E-state index contributed by atoms with van der Waals surface area (Å²) in [6.07, 6.45) is 0.197. The third kappa shape index (κ3) is 3.55. The minimum absolute atomic E-state index is 0.184. The highest BCUT2D eigenvalue weighted by Gasteiger charge is 2.40. The number of ether oxygens (including phenoxy) is 1. The predicted octanol–water partition coefficient (Wildman–Crippen LogP) is 3.53. The lowest BCUT2D eigenvalue weighted by Gasteiger charge is -2.16. The molecule has 1 fully saturated rings. The molecule has 1 N–H and O–H groups in total. The molecule has 1 aromatic heterocycles. The molecule has 0 bridgehead atoms. The van der Waals surface area contributed by atoms with Gasteiger partial charge >= 0.3 is 0 Å². The number of benzene rings is 2. The van der Waals surface area contributed by atoms with E-state index in [1.807, 2.05) is 37.3 Å². The summed E-state index contributed by atoms with van der Waals surface area (Å²) in [5.41, 5.74) is 2.43. The average molecular weight is 381 g/mol. The largest absolute Gasteiger partial charge is 0.494 e. The zero-order valence-electron chi connectivity index (χ0n) is 14.8. The molecule has 138 valence electrons. The highest BCUT2D eigenvalue weighted by atomic mass is 32.2. The Balaban J connectivity index is 1.46. The molecule has 1 unspecified atom stereocenters. The van der Waals surface area contributed by atoms with Gasteiger partial charge in [0.05, 0.1) is 34.3 Å². The number of aromatic amines is 1. The smallest absolute Gasteiger partial charge is 0.247 e. The highest BCUT2D eigenvalue weighted by Crippen LogP contribution is 2.32. The number of anilines is 1. The lowest BCUT2D eigenvalue weighted by Crippen LogP contribution is -2.31. The van der Waals surface area contributed by atoms with Gasteiger partial charge in [-0.1, -0.05) is 18.2 Å². The van der Waals surface area contributed by atoms with Gasteiger partial charge in [0, 0.05) is 12.5 Å². The van der Waals surface area contributed by atoms with Crippen LogP contribution in [-0.2, 0) is 15.3 Å². The van der Waals surface area contributed by atoms with Gasteiger partial charge in [-0.2, -0.15) is 0 Å². The number of imide groups is 1. The SMILES string of the molecule is CCOc1cccc(N2C(=O)CC(SCc3nc4ccccc4[nH]3)C2=O)c1. The molecule has 0 spiro atoms. The molecule has 3 aromatic rings. The number of hydrogen-bond acceptors (Lipinski definition) is 5. The quantitative estimate of drug-likeness (QED) is 0.661. The lowest BCUT2D eigenvalue weighted by molar-refractivity contribution is -0.121. The number of hydrogen-bond donors (Lipinski definition) is 1. The van der Waals surface area contributed by atoms with Gasteiger partial charge in [-0.3, -0.25) is 9.59 Å². The number of imidazole rings is 1. The van der Waals surface area contributed by atoms with Crippen LogP contribution in [0.5, 0.6) is 5.75 Å². The van der Waals surface area contributed by atoms with Crippen molar-refractivity contribution in [3.63, 3.8) is 0 Å². The molecule has 1 atom stereocenters. The summed E-state index contributed by atoms with van der Waals surface area (Å²) >= 11 is 1.44. The fourth-order valence-corrected chi connectivity index (χ4v) is 4.14. The van der Waals surface area contributed by atoms with Crippen LogP contribution in [0, 0.1) is 0 Å². The Morgan fingerprint density at radius 3 is 2.89 bits per heavy atom. The van der Waals surface area contributed by atoms with Crippen molar-refractivity contribution < 1.29 is 14.3 Å². The molecular weight excluding hydrogens is 362 g/mol. The van der Waals surface area contributed by atoms with E-state index in [2.05, 4.69) is 9.97 Å². The molecule has 0 saturated carbocycles. The Bertz CT molecular complexity index is 968. The van der Waals surface area contributed by atoms with E-state index < -0.39 is 5.25 Å². The number of H-pyrrole nitrogens is 1. The van der Waals surface area contributed by atoms with E-state index in [1.165, 1.54) is 16.7 Å². The summed E-state index contributed by atoms with van der Waals surface area (Å²) in [5, 5.41) is -0.401. The van der Waals surface area contributed by atoms with Crippen LogP contribution in [0.4, 0.5) is 5.69 Å². The second-order valence-electron chi connectivity index (χ2n) is 6.20. The summed E-state index contributed by atoms with van der Waals surface area (Å²) in [5.74, 6) is 1.63. The Kier molecular flexibility index (Phi) is 4.85. The maximum absolute atomic E-state index is 12.8. The normalized spacial score (nSPS) is 17.1. The summed E-state index contributed by atoms with van der Waals surface area (Å²) in [6, 6.07) is 14.9. The Hall–Kier alpha value is -2.80. The van der Waals surface area contributed by atoms with E-state index in [4.69, 9.17) is 4.74 Å². The van der Waals surface area contributed by atoms with Crippen LogP contribution in [0.3, 0.4) is 0 Å². The number of amides is 2. The number of nitrogens with zero attached hydrogens (tertiary/aromatic N) is 2. The van der Waals surface area contributed by atoms with Crippen LogP contribution in [0.25, 0.3) is 11.0 Å². The fraction of sp³-hybridized carbons (Fsp3) is 0.250. The van der Waals surface area contributed by atoms with Gasteiger partial charge in [-0.15, -0.1) is 11.8 Å². The summed E-state index contributed by atoms with van der Waals surface area (Å²) in [4.78, 5) is 34.3. The molecule has 0 radical (unpaired) electrons. The van der Waals surface area contributed by atoms with E-state index in [-0.39, 0.29) is 18.2 Å². The number of nitrogens with one attached hydrogen (secondary N) is 1. The van der Waals surface area contributed by atoms with Gasteiger partial charge in [0.1, 0.15) is 11.6 Å². The van der Waals surface area contributed by atoms with Gasteiger partial charge in [0.2, 0.25) is 11.8 Å². The first-order valence-electron chi connectivity index (χ1n) is 8.80. The summed E-state index contributed by atoms with van der Waals surface area (Å²) in [6.45, 7) is 2.42. The van der Waals surface area contributed by atoms with E-state index >= 15 is 0 Å². The van der Waals surface area contributed by atoms with Crippen LogP contribution in [-0.4, -0.2) is 33.6 Å². The number of aromatic nitrogens is 2. The van der Waals surface area contributed by atoms with Gasteiger partial charge in [0.15, 0.2) is 0 Å². The molecule has 1 aliphatic heterocycles. The minimum Gasteiger partial charge on any atom is -0.494 e. The first kappa shape index (κ1) is 17.6. The third-order valence-electron chi connectivity index (χ3n) is 4.35. The van der Waals surface area contributed by atoms with E-state index in [9.17, 15) is 9.59 Å². The molecule has 4 rings (SSSR count). The summed E-state index contributed by atoms with van der Waals surface area (Å²) in [7, 11) is 0. The van der Waals surface area contributed by atoms with E-state index in [1.54, 1.807) is 18.2 Å². The van der Waals surface area contributed by atoms with Crippen LogP contribution < -0.4 is 9.64 Å². The van der Waals surface area contributed by atoms with Crippen molar-refractivity contribution in [3.05, 3.63) is 54.4 Å². The van der Waals surface area contributed by atoms with Gasteiger partial charge in [-0.05, 0) is 31.2 Å². The number of carbonyl (C=O) groups excluding carboxylic acids is 2. The molecule has 2 heterocycles.